The van der Waals surface area contributed by atoms with E-state index in [2.05, 4.69) is 10.4 Å². The zero-order valence-corrected chi connectivity index (χ0v) is 20.0. The number of nitrogens with zero attached hydrogens (tertiary/aromatic N) is 3. The van der Waals surface area contributed by atoms with Crippen LogP contribution in [0.4, 0.5) is 5.69 Å². The Bertz CT molecular complexity index is 1050. The van der Waals surface area contributed by atoms with Crippen molar-refractivity contribution in [1.29, 1.82) is 0 Å². The van der Waals surface area contributed by atoms with Crippen molar-refractivity contribution in [3.8, 4) is 0 Å². The number of nitrogens with one attached hydrogen (secondary N) is 1. The van der Waals surface area contributed by atoms with Crippen LogP contribution in [0.5, 0.6) is 0 Å². The number of amides is 1. The Labute approximate surface area is 203 Å². The molecule has 3 aliphatic rings. The van der Waals surface area contributed by atoms with E-state index in [4.69, 9.17) is 39.9 Å². The SMILES string of the molecule is C[C@@H]1C(C(=O)NN2CC3CCCC3C2)=NN(c2ccc(Cl)cc2Cl)[C@@H]1c1ccc(Cl)cc1. The van der Waals surface area contributed by atoms with Gasteiger partial charge in [-0.25, -0.2) is 5.01 Å². The predicted octanol–water partition coefficient (Wildman–Crippen LogP) is 5.96. The molecule has 4 atom stereocenters. The molecule has 0 radical (unpaired) electrons. The van der Waals surface area contributed by atoms with E-state index >= 15 is 0 Å². The summed E-state index contributed by atoms with van der Waals surface area (Å²) in [6.07, 6.45) is 3.83. The summed E-state index contributed by atoms with van der Waals surface area (Å²) in [5.41, 5.74) is 5.33. The summed E-state index contributed by atoms with van der Waals surface area (Å²) >= 11 is 18.8. The van der Waals surface area contributed by atoms with Gasteiger partial charge in [-0.2, -0.15) is 5.10 Å². The zero-order chi connectivity index (χ0) is 22.4. The fourth-order valence-electron chi connectivity index (χ4n) is 5.37. The number of hydrazone groups is 1. The molecule has 1 saturated carbocycles. The Kier molecular flexibility index (Phi) is 6.10. The van der Waals surface area contributed by atoms with Crippen molar-refractivity contribution in [1.82, 2.24) is 10.4 Å². The van der Waals surface area contributed by atoms with Gasteiger partial charge in [-0.15, -0.1) is 0 Å². The van der Waals surface area contributed by atoms with Crippen LogP contribution in [0.2, 0.25) is 15.1 Å². The molecule has 1 saturated heterocycles. The summed E-state index contributed by atoms with van der Waals surface area (Å²) in [7, 11) is 0. The van der Waals surface area contributed by atoms with E-state index < -0.39 is 0 Å². The number of carbonyl (C=O) groups excluding carboxylic acids is 1. The summed E-state index contributed by atoms with van der Waals surface area (Å²) < 4.78 is 0. The molecule has 2 unspecified atom stereocenters. The quantitative estimate of drug-likeness (QED) is 0.574. The first-order valence-electron chi connectivity index (χ1n) is 11.0. The van der Waals surface area contributed by atoms with Crippen LogP contribution in [0.3, 0.4) is 0 Å². The molecule has 0 spiro atoms. The minimum atomic E-state index is -0.190. The van der Waals surface area contributed by atoms with Gasteiger partial charge in [0.2, 0.25) is 0 Å². The van der Waals surface area contributed by atoms with Gasteiger partial charge in [0, 0.05) is 29.1 Å². The van der Waals surface area contributed by atoms with Crippen LogP contribution in [-0.4, -0.2) is 29.7 Å². The Morgan fingerprint density at radius 3 is 2.31 bits per heavy atom. The number of halogens is 3. The average molecular weight is 492 g/mol. The molecule has 32 heavy (non-hydrogen) atoms. The van der Waals surface area contributed by atoms with E-state index in [9.17, 15) is 4.79 Å². The van der Waals surface area contributed by atoms with Gasteiger partial charge >= 0.3 is 0 Å². The fourth-order valence-corrected chi connectivity index (χ4v) is 5.99. The highest BCUT2D eigenvalue weighted by molar-refractivity contribution is 6.41. The lowest BCUT2D eigenvalue weighted by atomic mass is 9.91. The topological polar surface area (TPSA) is 47.9 Å². The zero-order valence-electron chi connectivity index (χ0n) is 17.8. The molecule has 1 amide bonds. The number of fused-ring (bicyclic) bond motifs is 1. The van der Waals surface area contributed by atoms with E-state index in [-0.39, 0.29) is 17.9 Å². The first-order chi connectivity index (χ1) is 15.4. The van der Waals surface area contributed by atoms with Gasteiger partial charge in [0.05, 0.1) is 16.8 Å². The molecule has 2 aromatic carbocycles. The second kappa shape index (κ2) is 8.86. The van der Waals surface area contributed by atoms with Crippen molar-refractivity contribution < 1.29 is 4.79 Å². The third-order valence-corrected chi connectivity index (χ3v) is 7.76. The standard InChI is InChI=1S/C24H25Cl3N4O/c1-14-22(24(32)29-30-12-16-3-2-4-17(16)13-30)28-31(21-10-9-19(26)11-20(21)27)23(14)15-5-7-18(25)8-6-15/h5-11,14,16-17,23H,2-4,12-13H2,1H3,(H,29,32)/t14-,16?,17?,23+/m1/s1. The minimum Gasteiger partial charge on any atom is -0.284 e. The second-order valence-corrected chi connectivity index (χ2v) is 10.3. The highest BCUT2D eigenvalue weighted by Gasteiger charge is 2.42. The van der Waals surface area contributed by atoms with Gasteiger partial charge < -0.3 is 0 Å². The van der Waals surface area contributed by atoms with Gasteiger partial charge in [0.15, 0.2) is 0 Å². The number of benzene rings is 2. The first kappa shape index (κ1) is 22.0. The lowest BCUT2D eigenvalue weighted by molar-refractivity contribution is -0.119. The first-order valence-corrected chi connectivity index (χ1v) is 12.2. The number of hydrogen-bond acceptors (Lipinski definition) is 4. The van der Waals surface area contributed by atoms with Crippen molar-refractivity contribution in [2.75, 3.05) is 18.1 Å². The molecule has 2 heterocycles. The van der Waals surface area contributed by atoms with E-state index in [0.717, 1.165) is 18.7 Å². The molecule has 2 aliphatic heterocycles. The van der Waals surface area contributed by atoms with Crippen LogP contribution in [0.25, 0.3) is 0 Å². The van der Waals surface area contributed by atoms with Crippen LogP contribution < -0.4 is 10.4 Å². The Morgan fingerprint density at radius 2 is 1.66 bits per heavy atom. The Hall–Kier alpha value is -1.79. The summed E-state index contributed by atoms with van der Waals surface area (Å²) in [6, 6.07) is 12.8. The number of hydrogen-bond donors (Lipinski definition) is 1. The third kappa shape index (κ3) is 4.12. The van der Waals surface area contributed by atoms with E-state index in [1.54, 1.807) is 12.1 Å². The summed E-state index contributed by atoms with van der Waals surface area (Å²) in [6.45, 7) is 3.87. The van der Waals surface area contributed by atoms with Crippen LogP contribution in [0.1, 0.15) is 37.8 Å². The second-order valence-electron chi connectivity index (χ2n) is 9.01. The molecular formula is C24H25Cl3N4O. The summed E-state index contributed by atoms with van der Waals surface area (Å²) in [5, 5.41) is 10.4. The largest absolute Gasteiger partial charge is 0.284 e. The molecule has 0 bridgehead atoms. The molecule has 2 fully saturated rings. The maximum atomic E-state index is 13.3. The minimum absolute atomic E-state index is 0.148. The highest BCUT2D eigenvalue weighted by Crippen LogP contribution is 2.43. The smallest absolute Gasteiger partial charge is 0.282 e. The lowest BCUT2D eigenvalue weighted by Crippen LogP contribution is -2.45. The third-order valence-electron chi connectivity index (χ3n) is 6.97. The molecular weight excluding hydrogens is 467 g/mol. The van der Waals surface area contributed by atoms with Crippen LogP contribution in [0, 0.1) is 17.8 Å². The molecule has 2 aromatic rings. The average Bonchev–Trinajstić information content (AvgIpc) is 3.42. The highest BCUT2D eigenvalue weighted by atomic mass is 35.5. The molecule has 0 aromatic heterocycles. The van der Waals surface area contributed by atoms with Crippen LogP contribution in [0.15, 0.2) is 47.6 Å². The predicted molar refractivity (Wildman–Crippen MR) is 130 cm³/mol. The van der Waals surface area contributed by atoms with Crippen molar-refractivity contribution >= 4 is 52.1 Å². The van der Waals surface area contributed by atoms with E-state index in [1.165, 1.54) is 19.3 Å². The van der Waals surface area contributed by atoms with Crippen molar-refractivity contribution in [3.63, 3.8) is 0 Å². The van der Waals surface area contributed by atoms with Gasteiger partial charge in [0.1, 0.15) is 5.71 Å². The normalized spacial score (nSPS) is 27.5. The molecule has 1 N–H and O–H groups in total. The van der Waals surface area contributed by atoms with Gasteiger partial charge in [-0.1, -0.05) is 60.3 Å². The number of rotatable bonds is 4. The maximum Gasteiger partial charge on any atom is 0.282 e. The summed E-state index contributed by atoms with van der Waals surface area (Å²) in [5.74, 6) is 1.10. The number of carbonyl (C=O) groups is 1. The van der Waals surface area contributed by atoms with Gasteiger partial charge in [0.25, 0.3) is 5.91 Å². The van der Waals surface area contributed by atoms with Crippen molar-refractivity contribution in [2.24, 2.45) is 22.9 Å². The van der Waals surface area contributed by atoms with Crippen molar-refractivity contribution in [3.05, 3.63) is 63.1 Å². The maximum absolute atomic E-state index is 13.3. The fraction of sp³-hybridized carbons (Fsp3) is 0.417. The number of anilines is 1. The van der Waals surface area contributed by atoms with Crippen LogP contribution >= 0.6 is 34.8 Å². The van der Waals surface area contributed by atoms with Gasteiger partial charge in [-0.05, 0) is 60.6 Å². The van der Waals surface area contributed by atoms with Gasteiger partial charge in [-0.3, -0.25) is 15.2 Å². The Morgan fingerprint density at radius 1 is 1.00 bits per heavy atom. The monoisotopic (exact) mass is 490 g/mol. The molecule has 5 nitrogen and oxygen atoms in total. The van der Waals surface area contributed by atoms with E-state index in [0.29, 0.717) is 38.3 Å². The van der Waals surface area contributed by atoms with Crippen molar-refractivity contribution in [2.45, 2.75) is 32.2 Å². The molecule has 1 aliphatic carbocycles. The van der Waals surface area contributed by atoms with Crippen LogP contribution in [-0.2, 0) is 4.79 Å². The van der Waals surface area contributed by atoms with E-state index in [1.807, 2.05) is 42.3 Å². The summed E-state index contributed by atoms with van der Waals surface area (Å²) in [4.78, 5) is 13.3. The molecule has 168 valence electrons. The molecule has 8 heteroatoms. The lowest BCUT2D eigenvalue weighted by Gasteiger charge is -2.27. The Balaban J connectivity index is 1.44. The number of hydrazine groups is 1. The molecule has 5 rings (SSSR count).